The molecular weight excluding hydrogens is 274 g/mol. The first-order valence-corrected chi connectivity index (χ1v) is 6.98. The number of halogens is 1. The lowest BCUT2D eigenvalue weighted by Crippen LogP contribution is -2.28. The third-order valence-corrected chi connectivity index (χ3v) is 3.22. The van der Waals surface area contributed by atoms with Crippen LogP contribution in [0.1, 0.15) is 36.2 Å². The number of carbonyl (C=O) groups is 1. The molecule has 0 heterocycles. The van der Waals surface area contributed by atoms with Crippen molar-refractivity contribution in [2.45, 2.75) is 20.3 Å². The molecule has 0 aliphatic carbocycles. The van der Waals surface area contributed by atoms with Gasteiger partial charge in [-0.05, 0) is 30.5 Å². The van der Waals surface area contributed by atoms with E-state index >= 15 is 0 Å². The van der Waals surface area contributed by atoms with Crippen LogP contribution < -0.4 is 0 Å². The van der Waals surface area contributed by atoms with Gasteiger partial charge >= 0.3 is 0 Å². The van der Waals surface area contributed by atoms with Crippen molar-refractivity contribution in [1.29, 1.82) is 0 Å². The first-order valence-electron chi connectivity index (χ1n) is 6.60. The van der Waals surface area contributed by atoms with Crippen molar-refractivity contribution < 1.29 is 9.90 Å². The molecule has 1 rings (SSSR count). The molecule has 1 N–H and O–H groups in total. The molecule has 0 saturated carbocycles. The number of aliphatic hydroxyl groups excluding tert-OH is 1. The fourth-order valence-electron chi connectivity index (χ4n) is 1.66. The predicted octanol–water partition coefficient (Wildman–Crippen LogP) is 2.80. The zero-order chi connectivity index (χ0) is 15.1. The summed E-state index contributed by atoms with van der Waals surface area (Å²) in [5, 5.41) is 9.09. The molecular formula is C16H20ClNO2. The van der Waals surface area contributed by atoms with Crippen LogP contribution in [0.2, 0.25) is 5.02 Å². The van der Waals surface area contributed by atoms with Crippen molar-refractivity contribution in [2.24, 2.45) is 5.92 Å². The van der Waals surface area contributed by atoms with Gasteiger partial charge in [0.25, 0.3) is 5.91 Å². The van der Waals surface area contributed by atoms with Gasteiger partial charge in [-0.25, -0.2) is 0 Å². The highest BCUT2D eigenvalue weighted by Gasteiger charge is 2.13. The lowest BCUT2D eigenvalue weighted by atomic mass is 10.1. The number of nitrogens with zero attached hydrogens (tertiary/aromatic N) is 1. The Morgan fingerprint density at radius 1 is 1.45 bits per heavy atom. The standard InChI is InChI=1S/C16H20ClNO2/c1-12(2)8-9-18(3)16(20)14-7-6-13(5-4-10-19)15(17)11-14/h6-7,11-12,19H,8-10H2,1-3H3. The Balaban J connectivity index is 2.81. The van der Waals surface area contributed by atoms with Gasteiger partial charge in [-0.1, -0.05) is 37.3 Å². The van der Waals surface area contributed by atoms with Gasteiger partial charge < -0.3 is 10.0 Å². The fraction of sp³-hybridized carbons (Fsp3) is 0.438. The Labute approximate surface area is 125 Å². The smallest absolute Gasteiger partial charge is 0.253 e. The second-order valence-electron chi connectivity index (χ2n) is 5.06. The van der Waals surface area contributed by atoms with Crippen molar-refractivity contribution in [3.05, 3.63) is 34.3 Å². The number of hydrogen-bond acceptors (Lipinski definition) is 2. The minimum Gasteiger partial charge on any atom is -0.384 e. The summed E-state index contributed by atoms with van der Waals surface area (Å²) in [7, 11) is 1.79. The van der Waals surface area contributed by atoms with Crippen molar-refractivity contribution in [1.82, 2.24) is 4.90 Å². The van der Waals surface area contributed by atoms with E-state index in [1.165, 1.54) is 0 Å². The summed E-state index contributed by atoms with van der Waals surface area (Å²) in [6.07, 6.45) is 0.968. The van der Waals surface area contributed by atoms with Crippen LogP contribution in [0.5, 0.6) is 0 Å². The molecule has 0 fully saturated rings. The Hall–Kier alpha value is -1.50. The van der Waals surface area contributed by atoms with E-state index in [0.29, 0.717) is 22.1 Å². The largest absolute Gasteiger partial charge is 0.384 e. The zero-order valence-corrected chi connectivity index (χ0v) is 12.9. The SMILES string of the molecule is CC(C)CCN(C)C(=O)c1ccc(C#CCO)c(Cl)c1. The van der Waals surface area contributed by atoms with Crippen molar-refractivity contribution in [3.63, 3.8) is 0 Å². The zero-order valence-electron chi connectivity index (χ0n) is 12.1. The van der Waals surface area contributed by atoms with Gasteiger partial charge in [-0.3, -0.25) is 4.79 Å². The minimum absolute atomic E-state index is 0.0470. The summed E-state index contributed by atoms with van der Waals surface area (Å²) in [6, 6.07) is 5.03. The Bertz CT molecular complexity index is 529. The molecule has 4 heteroatoms. The van der Waals surface area contributed by atoms with E-state index in [4.69, 9.17) is 16.7 Å². The van der Waals surface area contributed by atoms with Crippen LogP contribution >= 0.6 is 11.6 Å². The highest BCUT2D eigenvalue weighted by molar-refractivity contribution is 6.32. The summed E-state index contributed by atoms with van der Waals surface area (Å²) >= 11 is 6.09. The monoisotopic (exact) mass is 293 g/mol. The summed E-state index contributed by atoms with van der Waals surface area (Å²) in [5.41, 5.74) is 1.16. The first kappa shape index (κ1) is 16.6. The van der Waals surface area contributed by atoms with Gasteiger partial charge in [0.1, 0.15) is 6.61 Å². The van der Waals surface area contributed by atoms with Gasteiger partial charge in [0.2, 0.25) is 0 Å². The van der Waals surface area contributed by atoms with Gasteiger partial charge in [0.15, 0.2) is 0 Å². The molecule has 1 aromatic carbocycles. The maximum atomic E-state index is 12.2. The first-order chi connectivity index (χ1) is 9.45. The Morgan fingerprint density at radius 2 is 2.15 bits per heavy atom. The van der Waals surface area contributed by atoms with Gasteiger partial charge in [0.05, 0.1) is 5.02 Å². The number of aliphatic hydroxyl groups is 1. The van der Waals surface area contributed by atoms with Gasteiger partial charge in [-0.15, -0.1) is 0 Å². The highest BCUT2D eigenvalue weighted by atomic mass is 35.5. The molecule has 1 amide bonds. The molecule has 20 heavy (non-hydrogen) atoms. The second kappa shape index (κ2) is 7.94. The lowest BCUT2D eigenvalue weighted by molar-refractivity contribution is 0.0789. The van der Waals surface area contributed by atoms with E-state index in [1.54, 1.807) is 30.1 Å². The number of benzene rings is 1. The van der Waals surface area contributed by atoms with Crippen LogP contribution in [0, 0.1) is 17.8 Å². The number of rotatable bonds is 4. The van der Waals surface area contributed by atoms with E-state index in [9.17, 15) is 4.79 Å². The molecule has 0 radical (unpaired) electrons. The van der Waals surface area contributed by atoms with Crippen LogP contribution in [0.15, 0.2) is 18.2 Å². The Morgan fingerprint density at radius 3 is 2.70 bits per heavy atom. The molecule has 0 aromatic heterocycles. The number of carbonyl (C=O) groups excluding carboxylic acids is 1. The molecule has 0 atom stereocenters. The molecule has 3 nitrogen and oxygen atoms in total. The van der Waals surface area contributed by atoms with Crippen LogP contribution in [0.4, 0.5) is 0 Å². The minimum atomic E-state index is -0.213. The maximum absolute atomic E-state index is 12.2. The van der Waals surface area contributed by atoms with E-state index in [2.05, 4.69) is 25.7 Å². The normalized spacial score (nSPS) is 10.1. The third-order valence-electron chi connectivity index (χ3n) is 2.91. The summed E-state index contributed by atoms with van der Waals surface area (Å²) in [6.45, 7) is 4.77. The van der Waals surface area contributed by atoms with Gasteiger partial charge in [-0.2, -0.15) is 0 Å². The summed E-state index contributed by atoms with van der Waals surface area (Å²) < 4.78 is 0. The predicted molar refractivity (Wildman–Crippen MR) is 81.8 cm³/mol. The molecule has 0 aliphatic rings. The van der Waals surface area contributed by atoms with Crippen molar-refractivity contribution in [3.8, 4) is 11.8 Å². The molecule has 0 bridgehead atoms. The van der Waals surface area contributed by atoms with Crippen molar-refractivity contribution in [2.75, 3.05) is 20.2 Å². The van der Waals surface area contributed by atoms with E-state index in [-0.39, 0.29) is 12.5 Å². The average molecular weight is 294 g/mol. The van der Waals surface area contributed by atoms with Crippen LogP contribution in [0.25, 0.3) is 0 Å². The van der Waals surface area contributed by atoms with Crippen LogP contribution in [0.3, 0.4) is 0 Å². The van der Waals surface area contributed by atoms with Crippen LogP contribution in [-0.4, -0.2) is 36.1 Å². The topological polar surface area (TPSA) is 40.5 Å². The van der Waals surface area contributed by atoms with Crippen LogP contribution in [-0.2, 0) is 0 Å². The lowest BCUT2D eigenvalue weighted by Gasteiger charge is -2.18. The average Bonchev–Trinajstić information content (AvgIpc) is 2.42. The third kappa shape index (κ3) is 4.88. The molecule has 0 spiro atoms. The van der Waals surface area contributed by atoms with Crippen molar-refractivity contribution >= 4 is 17.5 Å². The summed E-state index contributed by atoms with van der Waals surface area (Å²) in [4.78, 5) is 13.9. The van der Waals surface area contributed by atoms with E-state index in [0.717, 1.165) is 13.0 Å². The van der Waals surface area contributed by atoms with Gasteiger partial charge in [0, 0.05) is 24.7 Å². The van der Waals surface area contributed by atoms with E-state index in [1.807, 2.05) is 0 Å². The molecule has 1 aromatic rings. The number of hydrogen-bond donors (Lipinski definition) is 1. The summed E-state index contributed by atoms with van der Waals surface area (Å²) in [5.74, 6) is 5.79. The highest BCUT2D eigenvalue weighted by Crippen LogP contribution is 2.18. The quantitative estimate of drug-likeness (QED) is 0.867. The van der Waals surface area contributed by atoms with E-state index < -0.39 is 0 Å². The fourth-order valence-corrected chi connectivity index (χ4v) is 1.89. The molecule has 0 aliphatic heterocycles. The number of amides is 1. The second-order valence-corrected chi connectivity index (χ2v) is 5.47. The molecule has 108 valence electrons. The maximum Gasteiger partial charge on any atom is 0.253 e. The molecule has 0 saturated heterocycles. The molecule has 0 unspecified atom stereocenters. The Kier molecular flexibility index (Phi) is 6.57.